The number of nitrogens with one attached hydrogen (secondary N) is 1. The average Bonchev–Trinajstić information content (AvgIpc) is 3.16. The van der Waals surface area contributed by atoms with E-state index in [1.54, 1.807) is 10.7 Å². The number of carbonyl (C=O) groups is 1. The number of aryl methyl sites for hydroxylation is 2. The van der Waals surface area contributed by atoms with E-state index in [-0.39, 0.29) is 5.69 Å². The van der Waals surface area contributed by atoms with Crippen LogP contribution in [-0.4, -0.2) is 30.9 Å². The van der Waals surface area contributed by atoms with Gasteiger partial charge in [-0.25, -0.2) is 19.0 Å². The lowest BCUT2D eigenvalue weighted by Gasteiger charge is -2.09. The summed E-state index contributed by atoms with van der Waals surface area (Å²) in [6.45, 7) is 3.82. The Bertz CT molecular complexity index is 1210. The molecule has 0 aliphatic heterocycles. The van der Waals surface area contributed by atoms with Gasteiger partial charge in [0.2, 0.25) is 0 Å². The molecule has 2 heterocycles. The lowest BCUT2D eigenvalue weighted by Crippen LogP contribution is -2.15. The Balaban J connectivity index is 1.66. The summed E-state index contributed by atoms with van der Waals surface area (Å²) >= 11 is 1.39. The zero-order valence-corrected chi connectivity index (χ0v) is 17.7. The minimum atomic E-state index is -0.468. The highest BCUT2D eigenvalue weighted by Crippen LogP contribution is 2.24. The molecule has 0 spiro atoms. The van der Waals surface area contributed by atoms with Crippen molar-refractivity contribution in [3.05, 3.63) is 89.3 Å². The fourth-order valence-corrected chi connectivity index (χ4v) is 3.97. The van der Waals surface area contributed by atoms with Crippen LogP contribution in [0.25, 0.3) is 5.69 Å². The molecule has 1 amide bonds. The molecule has 0 aliphatic carbocycles. The van der Waals surface area contributed by atoms with Gasteiger partial charge in [0.1, 0.15) is 5.82 Å². The highest BCUT2D eigenvalue weighted by molar-refractivity contribution is 7.98. The number of anilines is 1. The van der Waals surface area contributed by atoms with Gasteiger partial charge in [0.05, 0.1) is 11.4 Å². The molecule has 0 bridgehead atoms. The number of hydrogen-bond acceptors (Lipinski definition) is 6. The zero-order chi connectivity index (χ0) is 21.8. The maximum atomic E-state index is 13.5. The Morgan fingerprint density at radius 2 is 1.77 bits per heavy atom. The van der Waals surface area contributed by atoms with E-state index < -0.39 is 11.7 Å². The molecule has 2 aromatic carbocycles. The van der Waals surface area contributed by atoms with Crippen molar-refractivity contribution >= 4 is 23.4 Å². The number of para-hydroxylation sites is 1. The minimum Gasteiger partial charge on any atom is -0.320 e. The number of nitrogens with zero attached hydrogens (tertiary/aromatic N) is 5. The molecule has 156 valence electrons. The maximum absolute atomic E-state index is 13.5. The van der Waals surface area contributed by atoms with Gasteiger partial charge in [-0.05, 0) is 50.2 Å². The van der Waals surface area contributed by atoms with E-state index >= 15 is 0 Å². The molecule has 1 N–H and O–H groups in total. The Labute approximate surface area is 182 Å². The van der Waals surface area contributed by atoms with Crippen LogP contribution in [0.3, 0.4) is 0 Å². The van der Waals surface area contributed by atoms with Gasteiger partial charge >= 0.3 is 0 Å². The summed E-state index contributed by atoms with van der Waals surface area (Å²) in [5, 5.41) is 11.6. The smallest absolute Gasteiger partial charge is 0.278 e. The highest BCUT2D eigenvalue weighted by atomic mass is 32.2. The van der Waals surface area contributed by atoms with E-state index in [1.807, 2.05) is 50.2 Å². The molecule has 0 unspecified atom stereocenters. The summed E-state index contributed by atoms with van der Waals surface area (Å²) in [7, 11) is 0. The summed E-state index contributed by atoms with van der Waals surface area (Å²) < 4.78 is 15.1. The first-order valence-corrected chi connectivity index (χ1v) is 10.5. The van der Waals surface area contributed by atoms with Crippen molar-refractivity contribution < 1.29 is 9.18 Å². The standard InChI is InChI=1S/C22H19FN6OS/c1-14-11-15(2)25-22(24-14)31-13-19-20(21(30)26-17-8-6-7-16(23)12-17)27-28-29(19)18-9-4-3-5-10-18/h3-12H,13H2,1-2H3,(H,26,30). The third kappa shape index (κ3) is 4.95. The maximum Gasteiger partial charge on any atom is 0.278 e. The summed E-state index contributed by atoms with van der Waals surface area (Å²) in [5.41, 5.74) is 3.60. The number of thioether (sulfide) groups is 1. The van der Waals surface area contributed by atoms with Crippen LogP contribution in [0, 0.1) is 19.7 Å². The SMILES string of the molecule is Cc1cc(C)nc(SCc2c(C(=O)Nc3cccc(F)c3)nnn2-c2ccccc2)n1. The lowest BCUT2D eigenvalue weighted by molar-refractivity contribution is 0.102. The average molecular weight is 435 g/mol. The molecule has 0 saturated heterocycles. The van der Waals surface area contributed by atoms with E-state index in [1.165, 1.54) is 30.0 Å². The number of aromatic nitrogens is 5. The second-order valence-corrected chi connectivity index (χ2v) is 7.76. The predicted molar refractivity (Wildman–Crippen MR) is 117 cm³/mol. The topological polar surface area (TPSA) is 85.6 Å². The van der Waals surface area contributed by atoms with Gasteiger partial charge in [-0.1, -0.05) is 41.2 Å². The molecular weight excluding hydrogens is 415 g/mol. The first-order chi connectivity index (χ1) is 15.0. The highest BCUT2D eigenvalue weighted by Gasteiger charge is 2.21. The second kappa shape index (κ2) is 9.05. The summed E-state index contributed by atoms with van der Waals surface area (Å²) in [6, 6.07) is 17.0. The van der Waals surface area contributed by atoms with E-state index in [2.05, 4.69) is 25.6 Å². The van der Waals surface area contributed by atoms with E-state index in [0.717, 1.165) is 17.1 Å². The van der Waals surface area contributed by atoms with Crippen LogP contribution in [0.15, 0.2) is 65.8 Å². The first kappa shape index (κ1) is 20.7. The normalized spacial score (nSPS) is 10.8. The van der Waals surface area contributed by atoms with Crippen LogP contribution < -0.4 is 5.32 Å². The largest absolute Gasteiger partial charge is 0.320 e. The van der Waals surface area contributed by atoms with Crippen LogP contribution >= 0.6 is 11.8 Å². The molecule has 0 fully saturated rings. The van der Waals surface area contributed by atoms with Gasteiger partial charge in [0.15, 0.2) is 10.9 Å². The number of halogens is 1. The monoisotopic (exact) mass is 434 g/mol. The summed E-state index contributed by atoms with van der Waals surface area (Å²) in [4.78, 5) is 21.8. The van der Waals surface area contributed by atoms with Crippen LogP contribution in [-0.2, 0) is 5.75 Å². The predicted octanol–water partition coefficient (Wildman–Crippen LogP) is 4.36. The number of benzene rings is 2. The second-order valence-electron chi connectivity index (χ2n) is 6.82. The molecule has 0 radical (unpaired) electrons. The molecular formula is C22H19FN6OS. The van der Waals surface area contributed by atoms with Gasteiger partial charge in [0, 0.05) is 22.8 Å². The third-order valence-corrected chi connectivity index (χ3v) is 5.22. The fraction of sp³-hybridized carbons (Fsp3) is 0.136. The van der Waals surface area contributed by atoms with Crippen LogP contribution in [0.2, 0.25) is 0 Å². The molecule has 0 aliphatic rings. The number of hydrogen-bond donors (Lipinski definition) is 1. The zero-order valence-electron chi connectivity index (χ0n) is 16.9. The first-order valence-electron chi connectivity index (χ1n) is 9.51. The van der Waals surface area contributed by atoms with Crippen LogP contribution in [0.1, 0.15) is 27.6 Å². The van der Waals surface area contributed by atoms with Crippen molar-refractivity contribution in [2.75, 3.05) is 5.32 Å². The number of carbonyl (C=O) groups excluding carboxylic acids is 1. The van der Waals surface area contributed by atoms with Crippen molar-refractivity contribution in [1.29, 1.82) is 0 Å². The molecule has 0 atom stereocenters. The number of amides is 1. The van der Waals surface area contributed by atoms with Gasteiger partial charge in [-0.3, -0.25) is 4.79 Å². The number of rotatable bonds is 6. The molecule has 2 aromatic heterocycles. The lowest BCUT2D eigenvalue weighted by atomic mass is 10.2. The molecule has 9 heteroatoms. The third-order valence-electron chi connectivity index (χ3n) is 4.36. The van der Waals surface area contributed by atoms with Crippen molar-refractivity contribution in [1.82, 2.24) is 25.0 Å². The Morgan fingerprint density at radius 3 is 2.48 bits per heavy atom. The van der Waals surface area contributed by atoms with Gasteiger partial charge in [-0.15, -0.1) is 5.10 Å². The van der Waals surface area contributed by atoms with Crippen LogP contribution in [0.5, 0.6) is 0 Å². The van der Waals surface area contributed by atoms with Gasteiger partial charge in [-0.2, -0.15) is 0 Å². The van der Waals surface area contributed by atoms with Gasteiger partial charge in [0.25, 0.3) is 5.91 Å². The van der Waals surface area contributed by atoms with Crippen molar-refractivity contribution in [3.8, 4) is 5.69 Å². The quantitative estimate of drug-likeness (QED) is 0.359. The van der Waals surface area contributed by atoms with E-state index in [4.69, 9.17) is 0 Å². The molecule has 7 nitrogen and oxygen atoms in total. The molecule has 0 saturated carbocycles. The Morgan fingerprint density at radius 1 is 1.03 bits per heavy atom. The van der Waals surface area contributed by atoms with Crippen LogP contribution in [0.4, 0.5) is 10.1 Å². The summed E-state index contributed by atoms with van der Waals surface area (Å²) in [5.74, 6) is -0.533. The van der Waals surface area contributed by atoms with E-state index in [0.29, 0.717) is 22.3 Å². The van der Waals surface area contributed by atoms with E-state index in [9.17, 15) is 9.18 Å². The molecule has 31 heavy (non-hydrogen) atoms. The molecule has 4 rings (SSSR count). The Kier molecular flexibility index (Phi) is 6.03. The van der Waals surface area contributed by atoms with Gasteiger partial charge < -0.3 is 5.32 Å². The van der Waals surface area contributed by atoms with Crippen molar-refractivity contribution in [2.45, 2.75) is 24.8 Å². The molecule has 4 aromatic rings. The minimum absolute atomic E-state index is 0.157. The summed E-state index contributed by atoms with van der Waals surface area (Å²) in [6.07, 6.45) is 0. The van der Waals surface area contributed by atoms with Crippen molar-refractivity contribution in [2.24, 2.45) is 0 Å². The van der Waals surface area contributed by atoms with Crippen molar-refractivity contribution in [3.63, 3.8) is 0 Å². The Hall–Kier alpha value is -3.59. The fourth-order valence-electron chi connectivity index (χ4n) is 3.03.